The molecule has 0 atom stereocenters. The summed E-state index contributed by atoms with van der Waals surface area (Å²) in [5.41, 5.74) is 0. The molecule has 0 aromatic heterocycles. The van der Waals surface area contributed by atoms with Crippen LogP contribution in [0.3, 0.4) is 0 Å². The predicted molar refractivity (Wildman–Crippen MR) is 115 cm³/mol. The average molecular weight is 361 g/mol. The molecule has 0 saturated carbocycles. The van der Waals surface area contributed by atoms with Gasteiger partial charge in [-0.3, -0.25) is 0 Å². The standard InChI is InChI=1S/C24H26OP/c25-20-12-1-2-13-21-26(22-14-6-3-7-15-22,23-16-8-4-9-17-23)24-18-10-5-11-19-24/h3-11,14-19,21H,1-2,12-13,20H2/q-1. The highest BCUT2D eigenvalue weighted by atomic mass is 31.2. The van der Waals surface area contributed by atoms with Crippen LogP contribution in [0.1, 0.15) is 25.7 Å². The smallest absolute Gasteiger partial charge is 0.0163 e. The molecule has 0 saturated heterocycles. The molecule has 1 nitrogen and oxygen atoms in total. The molecule has 134 valence electrons. The van der Waals surface area contributed by atoms with E-state index in [0.29, 0.717) is 0 Å². The van der Waals surface area contributed by atoms with Crippen molar-refractivity contribution in [3.8, 4) is 0 Å². The van der Waals surface area contributed by atoms with Gasteiger partial charge in [0.2, 0.25) is 0 Å². The highest BCUT2D eigenvalue weighted by Crippen LogP contribution is 2.44. The number of rotatable bonds is 8. The molecule has 0 aliphatic rings. The SMILES string of the molecule is [O-]CCCCCC=P(c1ccccc1)(c1ccccc1)c1ccccc1. The van der Waals surface area contributed by atoms with Crippen molar-refractivity contribution >= 4 is 28.6 Å². The number of hydrogen-bond donors (Lipinski definition) is 0. The minimum absolute atomic E-state index is 0.0380. The van der Waals surface area contributed by atoms with Crippen LogP contribution in [0, 0.1) is 0 Å². The van der Waals surface area contributed by atoms with Crippen LogP contribution in [0.25, 0.3) is 0 Å². The Morgan fingerprint density at radius 2 is 1.00 bits per heavy atom. The van der Waals surface area contributed by atoms with Crippen molar-refractivity contribution in [1.29, 1.82) is 0 Å². The first-order valence-electron chi connectivity index (χ1n) is 9.36. The maximum absolute atomic E-state index is 10.8. The van der Waals surface area contributed by atoms with Crippen molar-refractivity contribution in [2.24, 2.45) is 0 Å². The van der Waals surface area contributed by atoms with Gasteiger partial charge in [-0.15, -0.1) is 6.61 Å². The third-order valence-corrected chi connectivity index (χ3v) is 8.89. The van der Waals surface area contributed by atoms with Crippen LogP contribution in [0.4, 0.5) is 0 Å². The van der Waals surface area contributed by atoms with Crippen molar-refractivity contribution in [1.82, 2.24) is 0 Å². The summed E-state index contributed by atoms with van der Waals surface area (Å²) in [4.78, 5) is 0. The molecule has 0 aliphatic carbocycles. The molecule has 0 spiro atoms. The maximum atomic E-state index is 10.8. The lowest BCUT2D eigenvalue weighted by Gasteiger charge is -2.29. The highest BCUT2D eigenvalue weighted by molar-refractivity contribution is 7.94. The third-order valence-electron chi connectivity index (χ3n) is 4.74. The zero-order valence-corrected chi connectivity index (χ0v) is 16.0. The second kappa shape index (κ2) is 9.57. The summed E-state index contributed by atoms with van der Waals surface area (Å²) in [6.45, 7) is -1.77. The van der Waals surface area contributed by atoms with E-state index in [0.717, 1.165) is 25.7 Å². The lowest BCUT2D eigenvalue weighted by molar-refractivity contribution is -0.368. The Bertz CT molecular complexity index is 722. The molecule has 3 aromatic carbocycles. The van der Waals surface area contributed by atoms with Crippen molar-refractivity contribution in [3.05, 3.63) is 91.0 Å². The van der Waals surface area contributed by atoms with Crippen LogP contribution in [-0.2, 0) is 0 Å². The fraction of sp³-hybridized carbons (Fsp3) is 0.208. The number of benzene rings is 3. The first-order chi connectivity index (χ1) is 12.9. The molecule has 0 amide bonds. The Kier molecular flexibility index (Phi) is 6.89. The van der Waals surface area contributed by atoms with Crippen molar-refractivity contribution in [3.63, 3.8) is 0 Å². The molecule has 3 rings (SSSR count). The van der Waals surface area contributed by atoms with Gasteiger partial charge in [0.1, 0.15) is 0 Å². The molecule has 0 aliphatic heterocycles. The molecule has 0 fully saturated rings. The second-order valence-electron chi connectivity index (χ2n) is 6.47. The van der Waals surface area contributed by atoms with E-state index in [1.807, 2.05) is 0 Å². The second-order valence-corrected chi connectivity index (χ2v) is 9.83. The first-order valence-corrected chi connectivity index (χ1v) is 11.2. The maximum Gasteiger partial charge on any atom is -0.0163 e. The van der Waals surface area contributed by atoms with Crippen LogP contribution >= 0.6 is 6.89 Å². The fourth-order valence-corrected chi connectivity index (χ4v) is 7.48. The Morgan fingerprint density at radius 3 is 1.38 bits per heavy atom. The Labute approximate surface area is 157 Å². The van der Waals surface area contributed by atoms with Gasteiger partial charge >= 0.3 is 0 Å². The van der Waals surface area contributed by atoms with Gasteiger partial charge in [-0.2, -0.15) is 0 Å². The molecular weight excluding hydrogens is 335 g/mol. The van der Waals surface area contributed by atoms with Gasteiger partial charge in [0.15, 0.2) is 0 Å². The first kappa shape index (κ1) is 18.7. The third kappa shape index (κ3) is 4.18. The van der Waals surface area contributed by atoms with Gasteiger partial charge < -0.3 is 5.11 Å². The number of unbranched alkanes of at least 4 members (excludes halogenated alkanes) is 3. The van der Waals surface area contributed by atoms with Crippen molar-refractivity contribution < 1.29 is 5.11 Å². The molecule has 0 N–H and O–H groups in total. The van der Waals surface area contributed by atoms with Crippen molar-refractivity contribution in [2.45, 2.75) is 25.7 Å². The zero-order chi connectivity index (χ0) is 18.1. The van der Waals surface area contributed by atoms with Gasteiger partial charge in [0.25, 0.3) is 0 Å². The quantitative estimate of drug-likeness (QED) is 0.443. The van der Waals surface area contributed by atoms with Gasteiger partial charge in [-0.25, -0.2) is 0 Å². The van der Waals surface area contributed by atoms with Gasteiger partial charge in [-0.05, 0) is 35.6 Å². The average Bonchev–Trinajstić information content (AvgIpc) is 2.73. The Morgan fingerprint density at radius 1 is 0.577 bits per heavy atom. The van der Waals surface area contributed by atoms with E-state index in [1.54, 1.807) is 0 Å². The summed E-state index contributed by atoms with van der Waals surface area (Å²) in [7, 11) is 0. The molecule has 0 unspecified atom stereocenters. The topological polar surface area (TPSA) is 23.1 Å². The van der Waals surface area contributed by atoms with Crippen LogP contribution in [-0.4, -0.2) is 12.4 Å². The summed E-state index contributed by atoms with van der Waals surface area (Å²) >= 11 is 0. The van der Waals surface area contributed by atoms with Gasteiger partial charge in [-0.1, -0.05) is 110 Å². The monoisotopic (exact) mass is 361 g/mol. The highest BCUT2D eigenvalue weighted by Gasteiger charge is 2.24. The molecule has 0 bridgehead atoms. The molecule has 3 aromatic rings. The van der Waals surface area contributed by atoms with Gasteiger partial charge in [0, 0.05) is 0 Å². The summed E-state index contributed by atoms with van der Waals surface area (Å²) in [5, 5.41) is 14.9. The van der Waals surface area contributed by atoms with Crippen LogP contribution < -0.4 is 21.0 Å². The van der Waals surface area contributed by atoms with Crippen LogP contribution in [0.15, 0.2) is 91.0 Å². The molecular formula is C24H26OP-. The van der Waals surface area contributed by atoms with E-state index >= 15 is 0 Å². The Balaban J connectivity index is 2.17. The minimum atomic E-state index is -1.81. The molecule has 0 heterocycles. The normalized spacial score (nSPS) is 11.3. The molecule has 2 heteroatoms. The molecule has 26 heavy (non-hydrogen) atoms. The largest absolute Gasteiger partial charge is 0.854 e. The zero-order valence-electron chi connectivity index (χ0n) is 15.1. The van der Waals surface area contributed by atoms with Crippen LogP contribution in [0.2, 0.25) is 0 Å². The summed E-state index contributed by atoms with van der Waals surface area (Å²) < 4.78 is 0. The fourth-order valence-electron chi connectivity index (χ4n) is 3.46. The van der Waals surface area contributed by atoms with Crippen LogP contribution in [0.5, 0.6) is 0 Å². The van der Waals surface area contributed by atoms with Gasteiger partial charge in [0.05, 0.1) is 0 Å². The van der Waals surface area contributed by atoms with E-state index in [-0.39, 0.29) is 6.61 Å². The summed E-state index contributed by atoms with van der Waals surface area (Å²) in [5.74, 6) is 2.55. The lowest BCUT2D eigenvalue weighted by atomic mass is 10.2. The van der Waals surface area contributed by atoms with E-state index in [1.165, 1.54) is 15.9 Å². The molecule has 0 radical (unpaired) electrons. The summed E-state index contributed by atoms with van der Waals surface area (Å²) in [6.07, 6.45) is 3.91. The minimum Gasteiger partial charge on any atom is -0.854 e. The van der Waals surface area contributed by atoms with E-state index in [4.69, 9.17) is 0 Å². The Hall–Kier alpha value is -2.08. The summed E-state index contributed by atoms with van der Waals surface area (Å²) in [6, 6.07) is 32.7. The lowest BCUT2D eigenvalue weighted by Crippen LogP contribution is -2.27. The number of hydrogen-bond acceptors (Lipinski definition) is 1. The predicted octanol–water partition coefficient (Wildman–Crippen LogP) is 3.70. The van der Waals surface area contributed by atoms with Crippen molar-refractivity contribution in [2.75, 3.05) is 6.61 Å². The van der Waals surface area contributed by atoms with E-state index in [2.05, 4.69) is 96.8 Å². The van der Waals surface area contributed by atoms with E-state index in [9.17, 15) is 5.11 Å². The van der Waals surface area contributed by atoms with E-state index < -0.39 is 6.89 Å².